The molecule has 1 aromatic rings. The monoisotopic (exact) mass is 193 g/mol. The van der Waals surface area contributed by atoms with Crippen LogP contribution in [0.15, 0.2) is 34.4 Å². The Balaban J connectivity index is 2.42. The highest BCUT2D eigenvalue weighted by atomic mass is 35.5. The molecule has 13 heavy (non-hydrogen) atoms. The largest absolute Gasteiger partial charge is 0.366 e. The lowest BCUT2D eigenvalue weighted by Crippen LogP contribution is -2.16. The first-order valence-electron chi connectivity index (χ1n) is 3.65. The first-order valence-corrected chi connectivity index (χ1v) is 4.03. The number of guanidine groups is 1. The third kappa shape index (κ3) is 1.48. The van der Waals surface area contributed by atoms with Crippen molar-refractivity contribution in [3.63, 3.8) is 0 Å². The first-order chi connectivity index (χ1) is 6.27. The number of nitrogens with zero attached hydrogens (tertiary/aromatic N) is 3. The second-order valence-electron chi connectivity index (χ2n) is 2.47. The van der Waals surface area contributed by atoms with Crippen LogP contribution in [0.4, 0.5) is 0 Å². The Bertz CT molecular complexity index is 397. The molecule has 0 saturated heterocycles. The Labute approximate surface area is 80.1 Å². The van der Waals surface area contributed by atoms with Crippen molar-refractivity contribution < 1.29 is 0 Å². The third-order valence-electron chi connectivity index (χ3n) is 1.58. The molecule has 1 aliphatic rings. The van der Waals surface area contributed by atoms with Gasteiger partial charge in [0.1, 0.15) is 0 Å². The summed E-state index contributed by atoms with van der Waals surface area (Å²) in [5, 5.41) is 4.37. The maximum atomic E-state index is 5.92. The van der Waals surface area contributed by atoms with Crippen molar-refractivity contribution in [3.8, 4) is 0 Å². The van der Waals surface area contributed by atoms with E-state index in [1.54, 1.807) is 6.07 Å². The fraction of sp³-hybridized carbons (Fsp3) is 0. The summed E-state index contributed by atoms with van der Waals surface area (Å²) in [6.07, 6.45) is 0. The maximum absolute atomic E-state index is 5.92. The van der Waals surface area contributed by atoms with Gasteiger partial charge in [0.25, 0.3) is 0 Å². The summed E-state index contributed by atoms with van der Waals surface area (Å²) in [5.41, 5.74) is 9.67. The Morgan fingerprint density at radius 1 is 1.23 bits per heavy atom. The van der Waals surface area contributed by atoms with E-state index >= 15 is 0 Å². The van der Waals surface area contributed by atoms with Crippen LogP contribution in [0.2, 0.25) is 5.02 Å². The number of nitrogens with two attached hydrogens (primary N) is 1. The molecule has 4 nitrogen and oxygen atoms in total. The van der Waals surface area contributed by atoms with E-state index in [0.717, 1.165) is 5.56 Å². The summed E-state index contributed by atoms with van der Waals surface area (Å²) >= 11 is 5.92. The fourth-order valence-electron chi connectivity index (χ4n) is 1.01. The van der Waals surface area contributed by atoms with E-state index in [-0.39, 0.29) is 5.96 Å². The van der Waals surface area contributed by atoms with E-state index in [1.165, 1.54) is 0 Å². The quantitative estimate of drug-likeness (QED) is 0.709. The van der Waals surface area contributed by atoms with Crippen molar-refractivity contribution >= 4 is 23.4 Å². The fourth-order valence-corrected chi connectivity index (χ4v) is 1.23. The number of aliphatic imine (C=N–C) groups is 1. The van der Waals surface area contributed by atoms with Gasteiger partial charge < -0.3 is 5.73 Å². The van der Waals surface area contributed by atoms with Crippen molar-refractivity contribution in [3.05, 3.63) is 34.9 Å². The van der Waals surface area contributed by atoms with Crippen LogP contribution in [0, 0.1) is 0 Å². The molecule has 0 aliphatic carbocycles. The standard InChI is InChI=1S/C8H6ClN4/c9-6-4-2-1-3-5(6)7-11-8(10)13-12-7/h1-4H,(H2,10,11,12). The number of halogens is 1. The van der Waals surface area contributed by atoms with Crippen molar-refractivity contribution in [2.45, 2.75) is 0 Å². The van der Waals surface area contributed by atoms with Crippen LogP contribution in [0.5, 0.6) is 0 Å². The van der Waals surface area contributed by atoms with Gasteiger partial charge in [0.05, 0.1) is 5.02 Å². The van der Waals surface area contributed by atoms with E-state index in [2.05, 4.69) is 15.5 Å². The molecule has 1 radical (unpaired) electrons. The zero-order valence-electron chi connectivity index (χ0n) is 6.61. The molecule has 65 valence electrons. The van der Waals surface area contributed by atoms with E-state index in [1.807, 2.05) is 18.2 Å². The lowest BCUT2D eigenvalue weighted by molar-refractivity contribution is 1.02. The SMILES string of the molecule is NC1=NC(c2ccccc2Cl)=N[N]1. The predicted molar refractivity (Wildman–Crippen MR) is 51.7 cm³/mol. The summed E-state index contributed by atoms with van der Waals surface area (Å²) in [7, 11) is 0. The molecule has 5 heteroatoms. The van der Waals surface area contributed by atoms with Gasteiger partial charge in [-0.2, -0.15) is 4.99 Å². The molecule has 0 atom stereocenters. The second kappa shape index (κ2) is 3.06. The molecule has 2 N–H and O–H groups in total. The van der Waals surface area contributed by atoms with Gasteiger partial charge in [-0.1, -0.05) is 23.7 Å². The Kier molecular flexibility index (Phi) is 1.90. The second-order valence-corrected chi connectivity index (χ2v) is 2.88. The summed E-state index contributed by atoms with van der Waals surface area (Å²) in [6, 6.07) is 7.28. The van der Waals surface area contributed by atoms with Gasteiger partial charge in [-0.15, -0.1) is 10.5 Å². The van der Waals surface area contributed by atoms with E-state index < -0.39 is 0 Å². The minimum atomic E-state index is 0.162. The highest BCUT2D eigenvalue weighted by molar-refractivity contribution is 6.34. The summed E-state index contributed by atoms with van der Waals surface area (Å²) < 4.78 is 0. The first kappa shape index (κ1) is 8.07. The van der Waals surface area contributed by atoms with Crippen LogP contribution in [-0.4, -0.2) is 11.8 Å². The summed E-state index contributed by atoms with van der Waals surface area (Å²) in [5.74, 6) is 0.623. The molecular weight excluding hydrogens is 188 g/mol. The number of benzene rings is 1. The molecule has 1 heterocycles. The van der Waals surface area contributed by atoms with Gasteiger partial charge in [0.2, 0.25) is 5.96 Å². The topological polar surface area (TPSA) is 64.8 Å². The van der Waals surface area contributed by atoms with E-state index in [9.17, 15) is 0 Å². The van der Waals surface area contributed by atoms with Gasteiger partial charge in [-0.25, -0.2) is 0 Å². The van der Waals surface area contributed by atoms with Crippen molar-refractivity contribution in [1.29, 1.82) is 0 Å². The van der Waals surface area contributed by atoms with Gasteiger partial charge in [-0.05, 0) is 12.1 Å². The predicted octanol–water partition coefficient (Wildman–Crippen LogP) is 0.934. The molecule has 0 unspecified atom stereocenters. The molecule has 0 spiro atoms. The number of amidine groups is 1. The third-order valence-corrected chi connectivity index (χ3v) is 1.91. The smallest absolute Gasteiger partial charge is 0.242 e. The van der Waals surface area contributed by atoms with Crippen LogP contribution in [-0.2, 0) is 0 Å². The van der Waals surface area contributed by atoms with Crippen LogP contribution < -0.4 is 11.2 Å². The highest BCUT2D eigenvalue weighted by Crippen LogP contribution is 2.17. The lowest BCUT2D eigenvalue weighted by Gasteiger charge is -1.97. The molecular formula is C8H6ClN4. The summed E-state index contributed by atoms with van der Waals surface area (Å²) in [6.45, 7) is 0. The van der Waals surface area contributed by atoms with Crippen LogP contribution in [0.1, 0.15) is 5.56 Å². The molecule has 0 bridgehead atoms. The van der Waals surface area contributed by atoms with E-state index in [0.29, 0.717) is 10.9 Å². The number of rotatable bonds is 1. The van der Waals surface area contributed by atoms with Crippen molar-refractivity contribution in [1.82, 2.24) is 5.43 Å². The van der Waals surface area contributed by atoms with Crippen LogP contribution in [0.25, 0.3) is 0 Å². The van der Waals surface area contributed by atoms with E-state index in [4.69, 9.17) is 17.3 Å². The summed E-state index contributed by atoms with van der Waals surface area (Å²) in [4.78, 5) is 3.91. The zero-order chi connectivity index (χ0) is 9.26. The normalized spacial score (nSPS) is 14.8. The minimum Gasteiger partial charge on any atom is -0.366 e. The lowest BCUT2D eigenvalue weighted by atomic mass is 10.2. The maximum Gasteiger partial charge on any atom is 0.242 e. The van der Waals surface area contributed by atoms with Gasteiger partial charge in [-0.3, -0.25) is 0 Å². The Hall–Kier alpha value is -1.55. The molecule has 1 aromatic carbocycles. The van der Waals surface area contributed by atoms with Gasteiger partial charge >= 0.3 is 0 Å². The zero-order valence-corrected chi connectivity index (χ0v) is 7.36. The minimum absolute atomic E-state index is 0.162. The molecule has 0 fully saturated rings. The van der Waals surface area contributed by atoms with Crippen molar-refractivity contribution in [2.75, 3.05) is 0 Å². The molecule has 1 aliphatic heterocycles. The number of hydrogen-bond donors (Lipinski definition) is 1. The van der Waals surface area contributed by atoms with Crippen molar-refractivity contribution in [2.24, 2.45) is 15.8 Å². The molecule has 0 aromatic heterocycles. The highest BCUT2D eigenvalue weighted by Gasteiger charge is 2.12. The molecule has 0 amide bonds. The Morgan fingerprint density at radius 3 is 2.62 bits per heavy atom. The molecule has 0 saturated carbocycles. The average Bonchev–Trinajstić information content (AvgIpc) is 2.53. The van der Waals surface area contributed by atoms with Gasteiger partial charge in [0, 0.05) is 5.56 Å². The Morgan fingerprint density at radius 2 is 2.00 bits per heavy atom. The number of hydrogen-bond acceptors (Lipinski definition) is 3. The van der Waals surface area contributed by atoms with Crippen LogP contribution >= 0.6 is 11.6 Å². The molecule has 2 rings (SSSR count). The van der Waals surface area contributed by atoms with Gasteiger partial charge in [0.15, 0.2) is 5.84 Å². The average molecular weight is 194 g/mol. The van der Waals surface area contributed by atoms with Crippen LogP contribution in [0.3, 0.4) is 0 Å².